The van der Waals surface area contributed by atoms with Gasteiger partial charge in [-0.25, -0.2) is 4.79 Å². The molecule has 0 aliphatic rings. The number of hydrogen-bond donors (Lipinski definition) is 3. The minimum atomic E-state index is -0.862. The van der Waals surface area contributed by atoms with Crippen LogP contribution in [0.4, 0.5) is 10.5 Å². The van der Waals surface area contributed by atoms with Crippen LogP contribution < -0.4 is 10.6 Å². The maximum absolute atomic E-state index is 11.7. The van der Waals surface area contributed by atoms with E-state index in [-0.39, 0.29) is 6.54 Å². The van der Waals surface area contributed by atoms with Gasteiger partial charge in [0, 0.05) is 12.7 Å². The van der Waals surface area contributed by atoms with Crippen molar-refractivity contribution in [3.05, 3.63) is 36.5 Å². The van der Waals surface area contributed by atoms with Gasteiger partial charge in [0.1, 0.15) is 11.9 Å². The number of rotatable bonds is 6. The van der Waals surface area contributed by atoms with Crippen molar-refractivity contribution in [2.75, 3.05) is 11.9 Å². The van der Waals surface area contributed by atoms with Crippen molar-refractivity contribution in [3.63, 3.8) is 0 Å². The third-order valence-electron chi connectivity index (χ3n) is 2.67. The topological polar surface area (TPSA) is 92.3 Å². The SMILES string of the molecule is CCCn1cc(NC(=O)NCC(O)c2ccco2)cn1. The number of aryl methyl sites for hydroxylation is 1. The highest BCUT2D eigenvalue weighted by Gasteiger charge is 2.12. The lowest BCUT2D eigenvalue weighted by Crippen LogP contribution is -2.32. The number of furan rings is 1. The van der Waals surface area contributed by atoms with Crippen LogP contribution in [0.5, 0.6) is 0 Å². The van der Waals surface area contributed by atoms with E-state index in [1.807, 2.05) is 0 Å². The molecule has 0 spiro atoms. The predicted molar refractivity (Wildman–Crippen MR) is 73.2 cm³/mol. The highest BCUT2D eigenvalue weighted by molar-refractivity contribution is 5.88. The van der Waals surface area contributed by atoms with E-state index in [4.69, 9.17) is 4.42 Å². The minimum Gasteiger partial charge on any atom is -0.467 e. The summed E-state index contributed by atoms with van der Waals surface area (Å²) in [5.74, 6) is 0.418. The molecule has 1 atom stereocenters. The highest BCUT2D eigenvalue weighted by atomic mass is 16.4. The zero-order chi connectivity index (χ0) is 14.4. The van der Waals surface area contributed by atoms with Crippen LogP contribution in [-0.2, 0) is 6.54 Å². The van der Waals surface area contributed by atoms with E-state index in [9.17, 15) is 9.90 Å². The fourth-order valence-corrected chi connectivity index (χ4v) is 1.73. The lowest BCUT2D eigenvalue weighted by molar-refractivity contribution is 0.149. The van der Waals surface area contributed by atoms with Gasteiger partial charge in [0.25, 0.3) is 0 Å². The van der Waals surface area contributed by atoms with E-state index in [0.29, 0.717) is 11.4 Å². The molecule has 0 aliphatic heterocycles. The number of anilines is 1. The second-order valence-electron chi connectivity index (χ2n) is 4.36. The zero-order valence-electron chi connectivity index (χ0n) is 11.2. The van der Waals surface area contributed by atoms with Gasteiger partial charge in [-0.05, 0) is 18.6 Å². The van der Waals surface area contributed by atoms with Crippen molar-refractivity contribution in [1.29, 1.82) is 0 Å². The Morgan fingerprint density at radius 1 is 1.60 bits per heavy atom. The van der Waals surface area contributed by atoms with Gasteiger partial charge in [0.2, 0.25) is 0 Å². The first-order valence-corrected chi connectivity index (χ1v) is 6.48. The summed E-state index contributed by atoms with van der Waals surface area (Å²) >= 11 is 0. The van der Waals surface area contributed by atoms with Crippen LogP contribution in [0, 0.1) is 0 Å². The van der Waals surface area contributed by atoms with Gasteiger partial charge in [0.15, 0.2) is 0 Å². The molecule has 2 heterocycles. The third-order valence-corrected chi connectivity index (χ3v) is 2.67. The van der Waals surface area contributed by atoms with Gasteiger partial charge >= 0.3 is 6.03 Å². The Bertz CT molecular complexity index is 536. The van der Waals surface area contributed by atoms with Crippen LogP contribution in [0.3, 0.4) is 0 Å². The molecule has 3 N–H and O–H groups in total. The van der Waals surface area contributed by atoms with Crippen molar-refractivity contribution in [2.45, 2.75) is 26.0 Å². The predicted octanol–water partition coefficient (Wildman–Crippen LogP) is 1.74. The number of aliphatic hydroxyl groups excluding tert-OH is 1. The molecule has 7 nitrogen and oxygen atoms in total. The fraction of sp³-hybridized carbons (Fsp3) is 0.385. The maximum atomic E-state index is 11.7. The first-order valence-electron chi connectivity index (χ1n) is 6.48. The van der Waals surface area contributed by atoms with Crippen molar-refractivity contribution >= 4 is 11.7 Å². The number of aromatic nitrogens is 2. The van der Waals surface area contributed by atoms with Crippen LogP contribution in [0.2, 0.25) is 0 Å². The molecule has 2 amide bonds. The molecule has 0 aliphatic carbocycles. The van der Waals surface area contributed by atoms with Gasteiger partial charge in [-0.1, -0.05) is 6.92 Å². The number of amides is 2. The molecule has 0 saturated heterocycles. The van der Waals surface area contributed by atoms with Crippen LogP contribution >= 0.6 is 0 Å². The second kappa shape index (κ2) is 6.76. The molecule has 20 heavy (non-hydrogen) atoms. The molecule has 2 aromatic heterocycles. The largest absolute Gasteiger partial charge is 0.467 e. The number of nitrogens with zero attached hydrogens (tertiary/aromatic N) is 2. The number of nitrogens with one attached hydrogen (secondary N) is 2. The number of urea groups is 1. The Balaban J connectivity index is 1.77. The Morgan fingerprint density at radius 2 is 2.45 bits per heavy atom. The summed E-state index contributed by atoms with van der Waals surface area (Å²) in [4.78, 5) is 11.7. The van der Waals surface area contributed by atoms with Crippen molar-refractivity contribution in [1.82, 2.24) is 15.1 Å². The van der Waals surface area contributed by atoms with Gasteiger partial charge in [-0.2, -0.15) is 5.10 Å². The summed E-state index contributed by atoms with van der Waals surface area (Å²) in [6.45, 7) is 2.93. The van der Waals surface area contributed by atoms with E-state index in [1.54, 1.807) is 29.2 Å². The molecule has 0 fully saturated rings. The first-order chi connectivity index (χ1) is 9.69. The lowest BCUT2D eigenvalue weighted by Gasteiger charge is -2.09. The number of hydrogen-bond acceptors (Lipinski definition) is 4. The average molecular weight is 278 g/mol. The Kier molecular flexibility index (Phi) is 4.78. The molecular weight excluding hydrogens is 260 g/mol. The zero-order valence-corrected chi connectivity index (χ0v) is 11.2. The van der Waals surface area contributed by atoms with Gasteiger partial charge < -0.3 is 20.2 Å². The van der Waals surface area contributed by atoms with E-state index < -0.39 is 12.1 Å². The molecule has 0 radical (unpaired) electrons. The maximum Gasteiger partial charge on any atom is 0.319 e. The minimum absolute atomic E-state index is 0.0719. The van der Waals surface area contributed by atoms with Gasteiger partial charge in [-0.15, -0.1) is 0 Å². The Labute approximate surface area is 116 Å². The summed E-state index contributed by atoms with van der Waals surface area (Å²) in [5, 5.41) is 19.1. The molecule has 0 bridgehead atoms. The third kappa shape index (κ3) is 3.86. The standard InChI is InChI=1S/C13H18N4O3/c1-2-5-17-9-10(7-15-17)16-13(19)14-8-11(18)12-4-3-6-20-12/h3-4,6-7,9,11,18H,2,5,8H2,1H3,(H2,14,16,19). The summed E-state index contributed by atoms with van der Waals surface area (Å²) in [7, 11) is 0. The Hall–Kier alpha value is -2.28. The molecule has 108 valence electrons. The Morgan fingerprint density at radius 3 is 3.15 bits per heavy atom. The van der Waals surface area contributed by atoms with Gasteiger partial charge in [-0.3, -0.25) is 4.68 Å². The van der Waals surface area contributed by atoms with E-state index >= 15 is 0 Å². The molecule has 7 heteroatoms. The van der Waals surface area contributed by atoms with Crippen molar-refractivity contribution < 1.29 is 14.3 Å². The summed E-state index contributed by atoms with van der Waals surface area (Å²) in [6.07, 6.45) is 4.92. The number of carbonyl (C=O) groups is 1. The van der Waals surface area contributed by atoms with Crippen LogP contribution in [0.1, 0.15) is 25.2 Å². The molecular formula is C13H18N4O3. The van der Waals surface area contributed by atoms with Crippen molar-refractivity contribution in [3.8, 4) is 0 Å². The normalized spacial score (nSPS) is 12.1. The van der Waals surface area contributed by atoms with Gasteiger partial charge in [0.05, 0.1) is 24.7 Å². The first kappa shape index (κ1) is 14.1. The monoisotopic (exact) mass is 278 g/mol. The smallest absolute Gasteiger partial charge is 0.319 e. The fourth-order valence-electron chi connectivity index (χ4n) is 1.73. The molecule has 2 aromatic rings. The van der Waals surface area contributed by atoms with E-state index in [1.165, 1.54) is 6.26 Å². The lowest BCUT2D eigenvalue weighted by atomic mass is 10.3. The number of carbonyl (C=O) groups excluding carboxylic acids is 1. The highest BCUT2D eigenvalue weighted by Crippen LogP contribution is 2.11. The average Bonchev–Trinajstić information content (AvgIpc) is 3.08. The number of aliphatic hydroxyl groups is 1. The van der Waals surface area contributed by atoms with Crippen LogP contribution in [0.25, 0.3) is 0 Å². The van der Waals surface area contributed by atoms with E-state index in [2.05, 4.69) is 22.7 Å². The molecule has 0 saturated carbocycles. The van der Waals surface area contributed by atoms with Crippen LogP contribution in [0.15, 0.2) is 35.2 Å². The summed E-state index contributed by atoms with van der Waals surface area (Å²) in [5.41, 5.74) is 0.614. The molecule has 2 rings (SSSR count). The summed E-state index contributed by atoms with van der Waals surface area (Å²) < 4.78 is 6.80. The van der Waals surface area contributed by atoms with Crippen LogP contribution in [-0.4, -0.2) is 27.5 Å². The quantitative estimate of drug-likeness (QED) is 0.750. The van der Waals surface area contributed by atoms with E-state index in [0.717, 1.165) is 13.0 Å². The molecule has 1 unspecified atom stereocenters. The second-order valence-corrected chi connectivity index (χ2v) is 4.36. The summed E-state index contributed by atoms with van der Waals surface area (Å²) in [6, 6.07) is 2.94. The van der Waals surface area contributed by atoms with Crippen molar-refractivity contribution in [2.24, 2.45) is 0 Å². The molecule has 0 aromatic carbocycles.